The fourth-order valence-electron chi connectivity index (χ4n) is 5.54. The standard InChI is InChI=1S/C25H36BNO6/c1-18(19-7-9-20(10-8-19)26-32-22(2,3)23(4,5)33-26)27-14-13-24(31-21(27)28)11-6-12-25(17-24)29-15-16-30-25/h7-10,18H,6,11-17H2,1-5H3/t18-,24+/m0/s1. The number of benzene rings is 1. The molecule has 1 aromatic rings. The van der Waals surface area contributed by atoms with Gasteiger partial charge in [0, 0.05) is 25.8 Å². The predicted molar refractivity (Wildman–Crippen MR) is 124 cm³/mol. The second-order valence-corrected chi connectivity index (χ2v) is 11.1. The molecule has 0 bridgehead atoms. The van der Waals surface area contributed by atoms with Crippen molar-refractivity contribution in [2.45, 2.75) is 95.4 Å². The van der Waals surface area contributed by atoms with Gasteiger partial charge in [-0.2, -0.15) is 0 Å². The summed E-state index contributed by atoms with van der Waals surface area (Å²) in [6.07, 6.45) is 3.88. The number of hydrogen-bond donors (Lipinski definition) is 0. The van der Waals surface area contributed by atoms with Crippen LogP contribution in [0.15, 0.2) is 24.3 Å². The first-order valence-electron chi connectivity index (χ1n) is 12.3. The fourth-order valence-corrected chi connectivity index (χ4v) is 5.54. The molecule has 0 N–H and O–H groups in total. The van der Waals surface area contributed by atoms with Crippen molar-refractivity contribution >= 4 is 18.7 Å². The van der Waals surface area contributed by atoms with Gasteiger partial charge in [-0.1, -0.05) is 24.3 Å². The van der Waals surface area contributed by atoms with Gasteiger partial charge in [-0.3, -0.25) is 0 Å². The smallest absolute Gasteiger partial charge is 0.442 e. The molecule has 33 heavy (non-hydrogen) atoms. The van der Waals surface area contributed by atoms with E-state index in [1.807, 2.05) is 17.0 Å². The molecule has 3 aliphatic heterocycles. The van der Waals surface area contributed by atoms with Crippen LogP contribution < -0.4 is 5.46 Å². The van der Waals surface area contributed by atoms with Gasteiger partial charge in [-0.05, 0) is 58.5 Å². The Bertz CT molecular complexity index is 881. The maximum atomic E-state index is 13.1. The summed E-state index contributed by atoms with van der Waals surface area (Å²) in [5.41, 5.74) is 0.822. The van der Waals surface area contributed by atoms with Crippen molar-refractivity contribution < 1.29 is 28.3 Å². The van der Waals surface area contributed by atoms with Crippen LogP contribution in [0.4, 0.5) is 4.79 Å². The monoisotopic (exact) mass is 457 g/mol. The quantitative estimate of drug-likeness (QED) is 0.641. The zero-order chi connectivity index (χ0) is 23.5. The highest BCUT2D eigenvalue weighted by Crippen LogP contribution is 2.46. The van der Waals surface area contributed by atoms with Crippen molar-refractivity contribution in [2.24, 2.45) is 0 Å². The van der Waals surface area contributed by atoms with Crippen LogP contribution in [0, 0.1) is 0 Å². The molecule has 180 valence electrons. The zero-order valence-electron chi connectivity index (χ0n) is 20.5. The highest BCUT2D eigenvalue weighted by Gasteiger charge is 2.53. The Morgan fingerprint density at radius 1 is 0.939 bits per heavy atom. The maximum Gasteiger partial charge on any atom is 0.494 e. The first-order valence-corrected chi connectivity index (χ1v) is 12.3. The van der Waals surface area contributed by atoms with E-state index in [0.29, 0.717) is 26.2 Å². The number of carbonyl (C=O) groups excluding carboxylic acids is 1. The average molecular weight is 457 g/mol. The first kappa shape index (κ1) is 23.2. The summed E-state index contributed by atoms with van der Waals surface area (Å²) in [6, 6.07) is 8.09. The van der Waals surface area contributed by atoms with E-state index in [2.05, 4.69) is 46.8 Å². The molecular weight excluding hydrogens is 421 g/mol. The minimum Gasteiger partial charge on any atom is -0.442 e. The van der Waals surface area contributed by atoms with Gasteiger partial charge in [-0.15, -0.1) is 0 Å². The third-order valence-electron chi connectivity index (χ3n) is 8.35. The lowest BCUT2D eigenvalue weighted by molar-refractivity contribution is -0.225. The molecule has 3 saturated heterocycles. The molecule has 2 atom stereocenters. The normalized spacial score (nSPS) is 31.2. The van der Waals surface area contributed by atoms with Gasteiger partial charge in [0.15, 0.2) is 5.79 Å². The van der Waals surface area contributed by atoms with Crippen LogP contribution >= 0.6 is 0 Å². The second-order valence-electron chi connectivity index (χ2n) is 11.1. The lowest BCUT2D eigenvalue weighted by atomic mass is 9.77. The second kappa shape index (κ2) is 7.97. The zero-order valence-corrected chi connectivity index (χ0v) is 20.5. The molecular formula is C25H36BNO6. The molecule has 0 radical (unpaired) electrons. The van der Waals surface area contributed by atoms with Crippen LogP contribution in [0.3, 0.4) is 0 Å². The Morgan fingerprint density at radius 2 is 1.58 bits per heavy atom. The first-order chi connectivity index (χ1) is 15.5. The maximum absolute atomic E-state index is 13.1. The molecule has 5 rings (SSSR count). The molecule has 0 unspecified atom stereocenters. The van der Waals surface area contributed by atoms with E-state index < -0.39 is 18.5 Å². The van der Waals surface area contributed by atoms with Crippen molar-refractivity contribution in [2.75, 3.05) is 19.8 Å². The van der Waals surface area contributed by atoms with Gasteiger partial charge in [0.05, 0.1) is 30.5 Å². The van der Waals surface area contributed by atoms with Gasteiger partial charge in [0.25, 0.3) is 0 Å². The number of amides is 1. The van der Waals surface area contributed by atoms with Crippen LogP contribution in [0.25, 0.3) is 0 Å². The Labute approximate surface area is 197 Å². The van der Waals surface area contributed by atoms with E-state index in [-0.39, 0.29) is 23.3 Å². The molecule has 4 aliphatic rings. The van der Waals surface area contributed by atoms with Crippen molar-refractivity contribution in [3.05, 3.63) is 29.8 Å². The minimum absolute atomic E-state index is 0.0845. The van der Waals surface area contributed by atoms with Gasteiger partial charge in [0.2, 0.25) is 0 Å². The lowest BCUT2D eigenvalue weighted by Gasteiger charge is -2.48. The molecule has 1 saturated carbocycles. The largest absolute Gasteiger partial charge is 0.494 e. The van der Waals surface area contributed by atoms with Crippen LogP contribution in [-0.2, 0) is 23.5 Å². The number of ether oxygens (including phenoxy) is 3. The summed E-state index contributed by atoms with van der Waals surface area (Å²) in [7, 11) is -0.391. The van der Waals surface area contributed by atoms with Crippen molar-refractivity contribution in [3.63, 3.8) is 0 Å². The van der Waals surface area contributed by atoms with E-state index >= 15 is 0 Å². The SMILES string of the molecule is C[C@@H](c1ccc(B2OC(C)(C)C(C)(C)O2)cc1)N1CC[C@@]2(CCCC3(C2)OCCO3)OC1=O. The Kier molecular flexibility index (Phi) is 5.59. The summed E-state index contributed by atoms with van der Waals surface area (Å²) in [6.45, 7) is 12.2. The average Bonchev–Trinajstić information content (AvgIpc) is 3.28. The van der Waals surface area contributed by atoms with Crippen LogP contribution in [-0.4, -0.2) is 60.5 Å². The summed E-state index contributed by atoms with van der Waals surface area (Å²) in [4.78, 5) is 14.9. The molecule has 1 amide bonds. The number of rotatable bonds is 3. The predicted octanol–water partition coefficient (Wildman–Crippen LogP) is 3.95. The van der Waals surface area contributed by atoms with E-state index in [9.17, 15) is 4.79 Å². The Balaban J connectivity index is 1.24. The summed E-state index contributed by atoms with van der Waals surface area (Å²) in [5.74, 6) is -0.560. The molecule has 1 aromatic carbocycles. The van der Waals surface area contributed by atoms with Gasteiger partial charge < -0.3 is 28.4 Å². The molecule has 1 aliphatic carbocycles. The Hall–Kier alpha value is -1.61. The van der Waals surface area contributed by atoms with Crippen molar-refractivity contribution in [3.8, 4) is 0 Å². The van der Waals surface area contributed by atoms with Gasteiger partial charge in [0.1, 0.15) is 5.60 Å². The fraction of sp³-hybridized carbons (Fsp3) is 0.720. The molecule has 3 heterocycles. The molecule has 4 fully saturated rings. The number of hydrogen-bond acceptors (Lipinski definition) is 6. The van der Waals surface area contributed by atoms with Crippen molar-refractivity contribution in [1.82, 2.24) is 4.90 Å². The molecule has 0 aromatic heterocycles. The van der Waals surface area contributed by atoms with Gasteiger partial charge >= 0.3 is 13.2 Å². The number of carbonyl (C=O) groups is 1. The third-order valence-corrected chi connectivity index (χ3v) is 8.35. The van der Waals surface area contributed by atoms with Crippen LogP contribution in [0.2, 0.25) is 0 Å². The Morgan fingerprint density at radius 3 is 2.18 bits per heavy atom. The summed E-state index contributed by atoms with van der Waals surface area (Å²) >= 11 is 0. The highest BCUT2D eigenvalue weighted by molar-refractivity contribution is 6.62. The van der Waals surface area contributed by atoms with E-state index in [0.717, 1.165) is 36.7 Å². The number of nitrogens with zero attached hydrogens (tertiary/aromatic N) is 1. The lowest BCUT2D eigenvalue weighted by Crippen LogP contribution is -2.55. The topological polar surface area (TPSA) is 66.5 Å². The van der Waals surface area contributed by atoms with E-state index in [1.54, 1.807) is 0 Å². The summed E-state index contributed by atoms with van der Waals surface area (Å²) < 4.78 is 30.3. The van der Waals surface area contributed by atoms with Crippen molar-refractivity contribution in [1.29, 1.82) is 0 Å². The van der Waals surface area contributed by atoms with E-state index in [4.69, 9.17) is 23.5 Å². The van der Waals surface area contributed by atoms with Gasteiger partial charge in [-0.25, -0.2) is 4.79 Å². The van der Waals surface area contributed by atoms with Crippen LogP contribution in [0.1, 0.15) is 78.3 Å². The molecule has 7 nitrogen and oxygen atoms in total. The summed E-state index contributed by atoms with van der Waals surface area (Å²) in [5, 5.41) is 0. The van der Waals surface area contributed by atoms with E-state index in [1.165, 1.54) is 0 Å². The third kappa shape index (κ3) is 4.09. The highest BCUT2D eigenvalue weighted by atomic mass is 16.7. The van der Waals surface area contributed by atoms with Crippen LogP contribution in [0.5, 0.6) is 0 Å². The minimum atomic E-state index is -0.560. The molecule has 2 spiro atoms. The molecule has 8 heteroatoms.